The second-order valence-electron chi connectivity index (χ2n) is 22.8. The number of quaternary nitrogens is 1. The zero-order valence-electron chi connectivity index (χ0n) is 49.1. The van der Waals surface area contributed by atoms with Gasteiger partial charge in [0.05, 0.1) is 39.9 Å². The lowest BCUT2D eigenvalue weighted by atomic mass is 10.0. The molecule has 0 rings (SSSR count). The molecule has 73 heavy (non-hydrogen) atoms. The summed E-state index contributed by atoms with van der Waals surface area (Å²) in [5, 5.41) is 13.9. The molecule has 0 saturated heterocycles. The fourth-order valence-corrected chi connectivity index (χ4v) is 10.1. The quantitative estimate of drug-likeness (QED) is 0.0272. The van der Waals surface area contributed by atoms with Gasteiger partial charge in [0.25, 0.3) is 7.82 Å². The molecule has 8 nitrogen and oxygen atoms in total. The van der Waals surface area contributed by atoms with Crippen molar-refractivity contribution in [1.29, 1.82) is 0 Å². The number of nitrogens with zero attached hydrogens (tertiary/aromatic N) is 1. The number of unbranched alkanes of at least 4 members (excludes halogenated alkanes) is 39. The molecular formula is C64H123N2O6P. The molecule has 0 aromatic rings. The highest BCUT2D eigenvalue weighted by Crippen LogP contribution is 2.38. The average Bonchev–Trinajstić information content (AvgIpc) is 3.35. The standard InChI is InChI=1S/C64H123N2O6P/c1-6-8-10-12-14-16-18-20-22-24-26-28-29-30-31-32-33-34-35-36-37-38-40-42-44-46-48-50-52-54-56-58-64(68)65-62(61-72-73(69,70)71-60-59-66(3,4)5)63(67)57-55-53-51-49-47-45-43-41-39-27-25-23-21-19-17-15-13-11-9-7-2/h18,20,24,26,29-30,55,57,62-63,67H,6-17,19,21-23,25,27-28,31-54,56,58-61H2,1-5H3,(H-,65,68,69,70)/b20-18-,26-24-,30-29-,57-55+. The molecule has 0 heterocycles. The number of nitrogens with one attached hydrogen (secondary N) is 1. The predicted molar refractivity (Wildman–Crippen MR) is 316 cm³/mol. The average molecular weight is 1050 g/mol. The smallest absolute Gasteiger partial charge is 0.268 e. The van der Waals surface area contributed by atoms with Gasteiger partial charge in [0.15, 0.2) is 0 Å². The van der Waals surface area contributed by atoms with Crippen molar-refractivity contribution < 1.29 is 32.9 Å². The number of carbonyl (C=O) groups excluding carboxylic acids is 1. The minimum Gasteiger partial charge on any atom is -0.756 e. The first-order valence-electron chi connectivity index (χ1n) is 31.5. The molecule has 0 aromatic heterocycles. The Labute approximate surface area is 454 Å². The maximum Gasteiger partial charge on any atom is 0.268 e. The van der Waals surface area contributed by atoms with E-state index in [1.807, 2.05) is 27.2 Å². The Bertz CT molecular complexity index is 1330. The summed E-state index contributed by atoms with van der Waals surface area (Å²) >= 11 is 0. The van der Waals surface area contributed by atoms with Gasteiger partial charge in [-0.25, -0.2) is 0 Å². The number of aliphatic hydroxyl groups excluding tert-OH is 1. The minimum absolute atomic E-state index is 0.000453. The number of rotatable bonds is 58. The third kappa shape index (κ3) is 58.0. The number of phosphoric ester groups is 1. The summed E-state index contributed by atoms with van der Waals surface area (Å²) in [7, 11) is 1.27. The topological polar surface area (TPSA) is 108 Å². The monoisotopic (exact) mass is 1050 g/mol. The summed E-state index contributed by atoms with van der Waals surface area (Å²) in [6.07, 6.45) is 73.4. The SMILES string of the molecule is CCCCCCC/C=C\C/C=C\C/C=C\CCCCCCCCCCCCCCCCCCC(=O)NC(COP(=O)([O-])OCC[N+](C)(C)C)C(O)/C=C/CCCCCCCCCCCCCCCCCCCC. The van der Waals surface area contributed by atoms with Crippen LogP contribution in [0.15, 0.2) is 48.6 Å². The summed E-state index contributed by atoms with van der Waals surface area (Å²) in [5.74, 6) is -0.194. The van der Waals surface area contributed by atoms with Gasteiger partial charge in [0.2, 0.25) is 5.91 Å². The molecule has 0 aliphatic carbocycles. The van der Waals surface area contributed by atoms with Crippen molar-refractivity contribution in [3.8, 4) is 0 Å². The van der Waals surface area contributed by atoms with Crippen LogP contribution in [-0.4, -0.2) is 68.5 Å². The minimum atomic E-state index is -4.60. The molecule has 0 spiro atoms. The van der Waals surface area contributed by atoms with Crippen molar-refractivity contribution in [2.45, 2.75) is 315 Å². The van der Waals surface area contributed by atoms with Crippen molar-refractivity contribution >= 4 is 13.7 Å². The Morgan fingerprint density at radius 2 is 0.795 bits per heavy atom. The predicted octanol–water partition coefficient (Wildman–Crippen LogP) is 18.9. The van der Waals surface area contributed by atoms with Crippen LogP contribution in [0.1, 0.15) is 303 Å². The lowest BCUT2D eigenvalue weighted by Crippen LogP contribution is -2.45. The van der Waals surface area contributed by atoms with Crippen LogP contribution in [0.2, 0.25) is 0 Å². The summed E-state index contributed by atoms with van der Waals surface area (Å²) in [5.41, 5.74) is 0. The maximum absolute atomic E-state index is 13.0. The van der Waals surface area contributed by atoms with Gasteiger partial charge in [-0.05, 0) is 57.8 Å². The van der Waals surface area contributed by atoms with Crippen molar-refractivity contribution in [2.24, 2.45) is 0 Å². The van der Waals surface area contributed by atoms with E-state index in [1.54, 1.807) is 6.08 Å². The summed E-state index contributed by atoms with van der Waals surface area (Å²) in [4.78, 5) is 25.6. The van der Waals surface area contributed by atoms with Gasteiger partial charge in [0, 0.05) is 6.42 Å². The third-order valence-electron chi connectivity index (χ3n) is 14.3. The molecule has 0 radical (unpaired) electrons. The van der Waals surface area contributed by atoms with E-state index >= 15 is 0 Å². The van der Waals surface area contributed by atoms with Crippen LogP contribution in [0.3, 0.4) is 0 Å². The van der Waals surface area contributed by atoms with Crippen molar-refractivity contribution in [3.63, 3.8) is 0 Å². The number of allylic oxidation sites excluding steroid dienone is 7. The Morgan fingerprint density at radius 3 is 1.15 bits per heavy atom. The Morgan fingerprint density at radius 1 is 0.479 bits per heavy atom. The molecule has 9 heteroatoms. The first-order chi connectivity index (χ1) is 35.5. The van der Waals surface area contributed by atoms with E-state index in [9.17, 15) is 19.4 Å². The normalized spacial score (nSPS) is 14.1. The van der Waals surface area contributed by atoms with E-state index in [-0.39, 0.29) is 19.1 Å². The molecule has 0 bridgehead atoms. The molecule has 3 atom stereocenters. The third-order valence-corrected chi connectivity index (χ3v) is 15.2. The van der Waals surface area contributed by atoms with Crippen LogP contribution >= 0.6 is 7.82 Å². The number of carbonyl (C=O) groups is 1. The molecule has 1 amide bonds. The van der Waals surface area contributed by atoms with Crippen LogP contribution in [0.4, 0.5) is 0 Å². The zero-order valence-corrected chi connectivity index (χ0v) is 50.0. The van der Waals surface area contributed by atoms with Crippen molar-refractivity contribution in [1.82, 2.24) is 5.32 Å². The fourth-order valence-electron chi connectivity index (χ4n) is 9.34. The molecule has 0 fully saturated rings. The van der Waals surface area contributed by atoms with Crippen LogP contribution < -0.4 is 10.2 Å². The van der Waals surface area contributed by atoms with Crippen LogP contribution in [0.5, 0.6) is 0 Å². The van der Waals surface area contributed by atoms with E-state index in [1.165, 1.54) is 231 Å². The lowest BCUT2D eigenvalue weighted by molar-refractivity contribution is -0.870. The lowest BCUT2D eigenvalue weighted by Gasteiger charge is -2.29. The van der Waals surface area contributed by atoms with Crippen LogP contribution in [-0.2, 0) is 18.4 Å². The summed E-state index contributed by atoms with van der Waals surface area (Å²) in [6, 6.07) is -0.887. The molecule has 0 aliphatic rings. The number of hydrogen-bond donors (Lipinski definition) is 2. The Kier molecular flexibility index (Phi) is 54.1. The Hall–Kier alpha value is -1.54. The van der Waals surface area contributed by atoms with Gasteiger partial charge >= 0.3 is 0 Å². The van der Waals surface area contributed by atoms with E-state index < -0.39 is 20.0 Å². The van der Waals surface area contributed by atoms with E-state index in [0.717, 1.165) is 51.4 Å². The van der Waals surface area contributed by atoms with E-state index in [0.29, 0.717) is 17.4 Å². The van der Waals surface area contributed by atoms with Crippen LogP contribution in [0.25, 0.3) is 0 Å². The maximum atomic E-state index is 13.0. The van der Waals surface area contributed by atoms with Gasteiger partial charge in [0.1, 0.15) is 13.2 Å². The highest BCUT2D eigenvalue weighted by Gasteiger charge is 2.23. The Balaban J connectivity index is 4.10. The number of hydrogen-bond acceptors (Lipinski definition) is 6. The molecule has 430 valence electrons. The van der Waals surface area contributed by atoms with Gasteiger partial charge in [-0.2, -0.15) is 0 Å². The molecule has 0 aliphatic heterocycles. The summed E-state index contributed by atoms with van der Waals surface area (Å²) in [6.45, 7) is 4.67. The molecule has 0 saturated carbocycles. The largest absolute Gasteiger partial charge is 0.756 e. The number of amides is 1. The fraction of sp³-hybridized carbons (Fsp3) is 0.859. The number of likely N-dealkylation sites (N-methyl/N-ethyl adjacent to an activating group) is 1. The number of phosphoric acid groups is 1. The zero-order chi connectivity index (χ0) is 53.5. The second kappa shape index (κ2) is 55.2. The van der Waals surface area contributed by atoms with Gasteiger partial charge < -0.3 is 28.8 Å². The molecular weight excluding hydrogens is 924 g/mol. The van der Waals surface area contributed by atoms with Gasteiger partial charge in [-0.1, -0.05) is 287 Å². The first kappa shape index (κ1) is 71.5. The second-order valence-corrected chi connectivity index (χ2v) is 24.2. The van der Waals surface area contributed by atoms with E-state index in [4.69, 9.17) is 9.05 Å². The first-order valence-corrected chi connectivity index (χ1v) is 33.0. The molecule has 2 N–H and O–H groups in total. The van der Waals surface area contributed by atoms with Crippen molar-refractivity contribution in [2.75, 3.05) is 40.9 Å². The van der Waals surface area contributed by atoms with Crippen molar-refractivity contribution in [3.05, 3.63) is 48.6 Å². The molecule has 3 unspecified atom stereocenters. The van der Waals surface area contributed by atoms with E-state index in [2.05, 4.69) is 55.6 Å². The number of aliphatic hydroxyl groups is 1. The van der Waals surface area contributed by atoms with Crippen LogP contribution in [0, 0.1) is 0 Å². The highest BCUT2D eigenvalue weighted by atomic mass is 31.2. The van der Waals surface area contributed by atoms with Gasteiger partial charge in [-0.15, -0.1) is 0 Å². The molecule has 0 aromatic carbocycles. The van der Waals surface area contributed by atoms with Gasteiger partial charge in [-0.3, -0.25) is 9.36 Å². The highest BCUT2D eigenvalue weighted by molar-refractivity contribution is 7.45. The summed E-state index contributed by atoms with van der Waals surface area (Å²) < 4.78 is 23.4.